The molecule has 0 N–H and O–H groups in total. The zero-order valence-corrected chi connectivity index (χ0v) is 11.9. The van der Waals surface area contributed by atoms with E-state index in [4.69, 9.17) is 19.4 Å². The third-order valence-corrected chi connectivity index (χ3v) is 3.18. The number of hydrogen-bond acceptors (Lipinski definition) is 5. The van der Waals surface area contributed by atoms with Gasteiger partial charge in [0.15, 0.2) is 5.60 Å². The van der Waals surface area contributed by atoms with Crippen LogP contribution < -0.4 is 0 Å². The van der Waals surface area contributed by atoms with Gasteiger partial charge in [0, 0.05) is 10.3 Å². The fourth-order valence-corrected chi connectivity index (χ4v) is 1.98. The summed E-state index contributed by atoms with van der Waals surface area (Å²) < 4.78 is 16.3. The first-order valence-electron chi connectivity index (χ1n) is 6.25. The normalized spacial score (nSPS) is 27.8. The van der Waals surface area contributed by atoms with E-state index in [2.05, 4.69) is 10.0 Å². The molecule has 108 valence electrons. The van der Waals surface area contributed by atoms with Crippen LogP contribution in [0, 0.1) is 5.41 Å². The lowest BCUT2D eigenvalue weighted by Crippen LogP contribution is -2.39. The molecule has 20 heavy (non-hydrogen) atoms. The van der Waals surface area contributed by atoms with E-state index in [9.17, 15) is 4.79 Å². The average molecular weight is 279 g/mol. The van der Waals surface area contributed by atoms with Gasteiger partial charge >= 0.3 is 5.97 Å². The van der Waals surface area contributed by atoms with Crippen molar-refractivity contribution in [2.24, 2.45) is 10.5 Å². The Labute approximate surface area is 116 Å². The van der Waals surface area contributed by atoms with Gasteiger partial charge in [-0.15, -0.1) is 0 Å². The summed E-state index contributed by atoms with van der Waals surface area (Å²) in [5.41, 5.74) is 6.95. The van der Waals surface area contributed by atoms with Gasteiger partial charge in [0.05, 0.1) is 6.26 Å². The molecule has 0 saturated carbocycles. The number of carbonyl (C=O) groups excluding carboxylic acids is 1. The molecular weight excluding hydrogens is 262 g/mol. The van der Waals surface area contributed by atoms with Gasteiger partial charge < -0.3 is 13.9 Å². The second-order valence-corrected chi connectivity index (χ2v) is 5.95. The molecule has 3 atom stereocenters. The summed E-state index contributed by atoms with van der Waals surface area (Å²) in [4.78, 5) is 15.0. The Hall–Kier alpha value is -1.98. The van der Waals surface area contributed by atoms with Crippen molar-refractivity contribution in [2.75, 3.05) is 0 Å². The van der Waals surface area contributed by atoms with Gasteiger partial charge in [0.1, 0.15) is 11.8 Å². The SMILES string of the molecule is CC(C)(C)[C@@H]1OC(=O)[C@@](C)([C@H](N=[N+]=[N-])c2ccco2)O1. The van der Waals surface area contributed by atoms with E-state index in [0.29, 0.717) is 5.76 Å². The van der Waals surface area contributed by atoms with Gasteiger partial charge in [0.2, 0.25) is 6.29 Å². The summed E-state index contributed by atoms with van der Waals surface area (Å²) in [5.74, 6) is -0.206. The maximum absolute atomic E-state index is 12.2. The van der Waals surface area contributed by atoms with Gasteiger partial charge in [-0.3, -0.25) is 0 Å². The van der Waals surface area contributed by atoms with Crippen molar-refractivity contribution in [3.8, 4) is 0 Å². The van der Waals surface area contributed by atoms with E-state index in [1.807, 2.05) is 20.8 Å². The van der Waals surface area contributed by atoms with Crippen LogP contribution in [0.2, 0.25) is 0 Å². The highest BCUT2D eigenvalue weighted by atomic mass is 16.8. The van der Waals surface area contributed by atoms with E-state index in [1.165, 1.54) is 6.26 Å². The van der Waals surface area contributed by atoms with E-state index in [0.717, 1.165) is 0 Å². The van der Waals surface area contributed by atoms with Crippen LogP contribution in [0.15, 0.2) is 27.9 Å². The van der Waals surface area contributed by atoms with Crippen molar-refractivity contribution in [1.82, 2.24) is 0 Å². The number of rotatable bonds is 3. The smallest absolute Gasteiger partial charge is 0.341 e. The van der Waals surface area contributed by atoms with E-state index in [-0.39, 0.29) is 5.41 Å². The number of ether oxygens (including phenoxy) is 2. The van der Waals surface area contributed by atoms with Crippen LogP contribution in [0.25, 0.3) is 10.4 Å². The van der Waals surface area contributed by atoms with Crippen LogP contribution in [0.1, 0.15) is 39.5 Å². The van der Waals surface area contributed by atoms with Crippen LogP contribution in [-0.4, -0.2) is 17.9 Å². The lowest BCUT2D eigenvalue weighted by Gasteiger charge is -2.28. The van der Waals surface area contributed by atoms with Crippen LogP contribution in [0.5, 0.6) is 0 Å². The maximum atomic E-state index is 12.2. The number of azide groups is 1. The highest BCUT2D eigenvalue weighted by molar-refractivity contribution is 5.82. The number of cyclic esters (lactones) is 1. The molecule has 0 aliphatic carbocycles. The van der Waals surface area contributed by atoms with Crippen LogP contribution in [-0.2, 0) is 14.3 Å². The van der Waals surface area contributed by atoms with E-state index < -0.39 is 23.9 Å². The molecule has 1 aromatic heterocycles. The largest absolute Gasteiger partial charge is 0.469 e. The van der Waals surface area contributed by atoms with Crippen molar-refractivity contribution in [3.63, 3.8) is 0 Å². The van der Waals surface area contributed by atoms with Crippen molar-refractivity contribution in [3.05, 3.63) is 34.6 Å². The lowest BCUT2D eigenvalue weighted by atomic mass is 9.94. The lowest BCUT2D eigenvalue weighted by molar-refractivity contribution is -0.156. The average Bonchev–Trinajstić information content (AvgIpc) is 2.95. The standard InChI is InChI=1S/C13H17N3O4/c1-12(2,3)11-19-10(17)13(4,20-11)9(15-16-14)8-6-5-7-18-8/h5-7,9,11H,1-4H3/t9-,11-,13-/m1/s1. The first kappa shape index (κ1) is 14.4. The second-order valence-electron chi connectivity index (χ2n) is 5.95. The third-order valence-electron chi connectivity index (χ3n) is 3.18. The summed E-state index contributed by atoms with van der Waals surface area (Å²) in [6.45, 7) is 7.23. The Morgan fingerprint density at radius 2 is 2.20 bits per heavy atom. The minimum absolute atomic E-state index is 0.358. The Bertz CT molecular complexity index is 542. The predicted octanol–water partition coefficient (Wildman–Crippen LogP) is 3.34. The summed E-state index contributed by atoms with van der Waals surface area (Å²) >= 11 is 0. The van der Waals surface area contributed by atoms with Crippen LogP contribution in [0.4, 0.5) is 0 Å². The molecule has 0 spiro atoms. The molecule has 7 nitrogen and oxygen atoms in total. The molecular formula is C13H17N3O4. The molecule has 2 heterocycles. The van der Waals surface area contributed by atoms with Gasteiger partial charge in [-0.25, -0.2) is 4.79 Å². The molecule has 1 aliphatic heterocycles. The molecule has 0 aromatic carbocycles. The van der Waals surface area contributed by atoms with Crippen LogP contribution in [0.3, 0.4) is 0 Å². The molecule has 7 heteroatoms. The predicted molar refractivity (Wildman–Crippen MR) is 69.4 cm³/mol. The maximum Gasteiger partial charge on any atom is 0.341 e. The van der Waals surface area contributed by atoms with Gasteiger partial charge in [-0.1, -0.05) is 25.9 Å². The van der Waals surface area contributed by atoms with Crippen molar-refractivity contribution in [1.29, 1.82) is 0 Å². The second kappa shape index (κ2) is 4.85. The molecule has 0 bridgehead atoms. The molecule has 0 radical (unpaired) electrons. The summed E-state index contributed by atoms with van der Waals surface area (Å²) in [6, 6.07) is 2.37. The zero-order valence-electron chi connectivity index (χ0n) is 11.9. The minimum Gasteiger partial charge on any atom is -0.469 e. The van der Waals surface area contributed by atoms with Crippen molar-refractivity contribution in [2.45, 2.75) is 45.6 Å². The highest BCUT2D eigenvalue weighted by Crippen LogP contribution is 2.43. The first-order valence-corrected chi connectivity index (χ1v) is 6.25. The Balaban J connectivity index is 2.38. The van der Waals surface area contributed by atoms with Crippen molar-refractivity contribution >= 4 is 5.97 Å². The van der Waals surface area contributed by atoms with Crippen LogP contribution >= 0.6 is 0 Å². The number of esters is 1. The van der Waals surface area contributed by atoms with E-state index >= 15 is 0 Å². The summed E-state index contributed by atoms with van der Waals surface area (Å²) in [5, 5.41) is 3.65. The zero-order chi connectivity index (χ0) is 15.0. The minimum atomic E-state index is -1.40. The fraction of sp³-hybridized carbons (Fsp3) is 0.615. The molecule has 0 unspecified atom stereocenters. The van der Waals surface area contributed by atoms with Gasteiger partial charge in [-0.05, 0) is 24.6 Å². The topological polar surface area (TPSA) is 97.4 Å². The molecule has 1 saturated heterocycles. The summed E-state index contributed by atoms with van der Waals surface area (Å²) in [7, 11) is 0. The monoisotopic (exact) mass is 279 g/mol. The first-order chi connectivity index (χ1) is 9.29. The molecule has 1 aliphatic rings. The number of hydrogen-bond donors (Lipinski definition) is 0. The van der Waals surface area contributed by atoms with E-state index in [1.54, 1.807) is 19.1 Å². The molecule has 2 rings (SSSR count). The molecule has 0 amide bonds. The number of carbonyl (C=O) groups is 1. The molecule has 1 aromatic rings. The Kier molecular flexibility index (Phi) is 3.50. The fourth-order valence-electron chi connectivity index (χ4n) is 1.98. The summed E-state index contributed by atoms with van der Waals surface area (Å²) in [6.07, 6.45) is 0.742. The molecule has 1 fully saturated rings. The Morgan fingerprint density at radius 3 is 2.65 bits per heavy atom. The Morgan fingerprint density at radius 1 is 1.50 bits per heavy atom. The van der Waals surface area contributed by atoms with Gasteiger partial charge in [-0.2, -0.15) is 0 Å². The highest BCUT2D eigenvalue weighted by Gasteiger charge is 2.55. The third kappa shape index (κ3) is 2.37. The number of furan rings is 1. The van der Waals surface area contributed by atoms with Crippen molar-refractivity contribution < 1.29 is 18.7 Å². The quantitative estimate of drug-likeness (QED) is 0.366. The van der Waals surface area contributed by atoms with Gasteiger partial charge in [0.25, 0.3) is 0 Å². The number of nitrogens with zero attached hydrogens (tertiary/aromatic N) is 3.